The molecule has 0 saturated carbocycles. The van der Waals surface area contributed by atoms with E-state index in [1.165, 1.54) is 15.5 Å². The van der Waals surface area contributed by atoms with Gasteiger partial charge in [-0.25, -0.2) is 4.79 Å². The smallest absolute Gasteiger partial charge is 0.467 e. The van der Waals surface area contributed by atoms with E-state index in [-0.39, 0.29) is 35.2 Å². The van der Waals surface area contributed by atoms with E-state index in [1.54, 1.807) is 25.4 Å². The second-order valence-electron chi connectivity index (χ2n) is 3.86. The average molecular weight is 284 g/mol. The maximum absolute atomic E-state index is 12.2. The molecule has 0 unspecified atom stereocenters. The molecule has 8 heteroatoms. The second-order valence-corrected chi connectivity index (χ2v) is 4.24. The largest absolute Gasteiger partial charge is 1.00 e. The summed E-state index contributed by atoms with van der Waals surface area (Å²) in [6.07, 6.45) is 2.97. The van der Waals surface area contributed by atoms with E-state index in [4.69, 9.17) is 16.6 Å². The molecule has 0 aliphatic heterocycles. The summed E-state index contributed by atoms with van der Waals surface area (Å²) in [5.41, 5.74) is 0.808. The zero-order valence-corrected chi connectivity index (χ0v) is 13.3. The van der Waals surface area contributed by atoms with Gasteiger partial charge in [0.05, 0.1) is 12.8 Å². The van der Waals surface area contributed by atoms with Crippen molar-refractivity contribution < 1.29 is 34.0 Å². The van der Waals surface area contributed by atoms with Crippen LogP contribution in [0, 0.1) is 4.64 Å². The first-order valence-electron chi connectivity index (χ1n) is 5.28. The van der Waals surface area contributed by atoms with Gasteiger partial charge in [-0.15, -0.1) is 0 Å². The molecule has 0 amide bonds. The summed E-state index contributed by atoms with van der Waals surface area (Å²) in [5.74, 6) is 0.679. The van der Waals surface area contributed by atoms with Crippen molar-refractivity contribution in [2.45, 2.75) is 6.54 Å². The summed E-state index contributed by atoms with van der Waals surface area (Å²) in [5, 5.41) is 0. The van der Waals surface area contributed by atoms with Gasteiger partial charge in [-0.2, -0.15) is 0 Å². The van der Waals surface area contributed by atoms with Crippen LogP contribution in [0.5, 0.6) is 0 Å². The van der Waals surface area contributed by atoms with E-state index < -0.39 is 0 Å². The molecule has 0 aliphatic rings. The first kappa shape index (κ1) is 14.3. The summed E-state index contributed by atoms with van der Waals surface area (Å²) in [6, 6.07) is 3.58. The van der Waals surface area contributed by atoms with Crippen LogP contribution < -0.4 is 40.2 Å². The molecular weight excluding hydrogens is 275 g/mol. The molecule has 0 bridgehead atoms. The Labute approximate surface area is 135 Å². The Bertz CT molecular complexity index is 815. The summed E-state index contributed by atoms with van der Waals surface area (Å²) in [7, 11) is 1.62. The minimum absolute atomic E-state index is 0. The van der Waals surface area contributed by atoms with Crippen LogP contribution in [-0.4, -0.2) is 14.1 Å². The molecule has 3 aromatic heterocycles. The topological polar surface area (TPSA) is 67.1 Å². The zero-order valence-electron chi connectivity index (χ0n) is 10.5. The fourth-order valence-electron chi connectivity index (χ4n) is 1.83. The van der Waals surface area contributed by atoms with Crippen LogP contribution >= 0.6 is 12.2 Å². The van der Waals surface area contributed by atoms with Gasteiger partial charge in [0.25, 0.3) is 0 Å². The number of furan rings is 1. The van der Waals surface area contributed by atoms with Crippen LogP contribution in [-0.2, 0) is 13.6 Å². The van der Waals surface area contributed by atoms with Gasteiger partial charge in [-0.1, -0.05) is 18.5 Å². The molecule has 3 rings (SSSR count). The molecule has 0 spiro atoms. The number of hydrogen-bond donors (Lipinski definition) is 0. The number of imidazole rings is 1. The van der Waals surface area contributed by atoms with E-state index in [2.05, 4.69) is 9.97 Å². The van der Waals surface area contributed by atoms with Crippen molar-refractivity contribution in [3.05, 3.63) is 45.6 Å². The molecule has 0 fully saturated rings. The maximum atomic E-state index is 12.2. The van der Waals surface area contributed by atoms with Crippen molar-refractivity contribution >= 4 is 23.4 Å². The van der Waals surface area contributed by atoms with E-state index >= 15 is 0 Å². The molecule has 0 aromatic carbocycles. The van der Waals surface area contributed by atoms with Gasteiger partial charge in [0.2, 0.25) is 0 Å². The molecular formula is C11H9N4NaO2S. The van der Waals surface area contributed by atoms with Gasteiger partial charge in [-0.05, 0) is 12.1 Å². The van der Waals surface area contributed by atoms with Crippen LogP contribution in [0.3, 0.4) is 0 Å². The first-order valence-corrected chi connectivity index (χ1v) is 5.69. The van der Waals surface area contributed by atoms with E-state index in [0.717, 1.165) is 0 Å². The molecule has 0 saturated heterocycles. The maximum Gasteiger partial charge on any atom is 1.00 e. The van der Waals surface area contributed by atoms with Gasteiger partial charge in [0, 0.05) is 18.2 Å². The average Bonchev–Trinajstić information content (AvgIpc) is 3.02. The van der Waals surface area contributed by atoms with Crippen LogP contribution in [0.15, 0.2) is 33.9 Å². The number of hydrogen-bond acceptors (Lipinski definition) is 4. The SMILES string of the molecule is Cn1c(=S)c2[n-]cnc2n(Cc2ccco2)c1=O.[Na+]. The standard InChI is InChI=1S/C11H10N4O2S.Na/c1-14-10(18)8-9(13-6-12-8)15(11(14)16)5-7-3-2-4-17-7;/h2-4,6H,5H2,1H3,(H,12,13,18);/q;+1/p-1. The molecule has 0 radical (unpaired) electrons. The predicted octanol–water partition coefficient (Wildman–Crippen LogP) is -1.93. The summed E-state index contributed by atoms with van der Waals surface area (Å²) >= 11 is 5.17. The van der Waals surface area contributed by atoms with Crippen molar-refractivity contribution in [2.24, 2.45) is 7.05 Å². The number of nitrogens with zero attached hydrogens (tertiary/aromatic N) is 4. The van der Waals surface area contributed by atoms with Gasteiger partial charge in [0.15, 0.2) is 0 Å². The molecule has 3 aromatic rings. The third kappa shape index (κ3) is 2.34. The summed E-state index contributed by atoms with van der Waals surface area (Å²) in [4.78, 5) is 20.4. The Kier molecular flexibility index (Phi) is 4.10. The van der Waals surface area contributed by atoms with Crippen LogP contribution in [0.2, 0.25) is 0 Å². The second kappa shape index (κ2) is 5.46. The molecule has 3 heterocycles. The molecule has 0 atom stereocenters. The zero-order chi connectivity index (χ0) is 12.7. The van der Waals surface area contributed by atoms with Crippen LogP contribution in [0.1, 0.15) is 5.76 Å². The minimum Gasteiger partial charge on any atom is -0.467 e. The first-order chi connectivity index (χ1) is 8.68. The summed E-state index contributed by atoms with van der Waals surface area (Å²) < 4.78 is 8.52. The Morgan fingerprint density at radius 3 is 3.00 bits per heavy atom. The molecule has 0 aliphatic carbocycles. The Hall–Kier alpha value is -1.15. The third-order valence-corrected chi connectivity index (χ3v) is 3.22. The van der Waals surface area contributed by atoms with Crippen LogP contribution in [0.4, 0.5) is 0 Å². The van der Waals surface area contributed by atoms with Crippen molar-refractivity contribution in [2.75, 3.05) is 0 Å². The van der Waals surface area contributed by atoms with Crippen molar-refractivity contribution in [1.29, 1.82) is 0 Å². The van der Waals surface area contributed by atoms with Crippen LogP contribution in [0.25, 0.3) is 11.2 Å². The Morgan fingerprint density at radius 2 is 2.32 bits per heavy atom. The number of rotatable bonds is 2. The van der Waals surface area contributed by atoms with Gasteiger partial charge in [-0.3, -0.25) is 9.13 Å². The predicted molar refractivity (Wildman–Crippen MR) is 66.9 cm³/mol. The molecule has 92 valence electrons. The van der Waals surface area contributed by atoms with Gasteiger partial charge >= 0.3 is 35.2 Å². The van der Waals surface area contributed by atoms with Gasteiger partial charge < -0.3 is 14.4 Å². The number of aromatic nitrogens is 4. The molecule has 19 heavy (non-hydrogen) atoms. The van der Waals surface area contributed by atoms with E-state index in [1.807, 2.05) is 0 Å². The molecule has 6 nitrogen and oxygen atoms in total. The van der Waals surface area contributed by atoms with Gasteiger partial charge in [0.1, 0.15) is 10.4 Å². The Balaban J connectivity index is 0.00000133. The monoisotopic (exact) mass is 284 g/mol. The fourth-order valence-corrected chi connectivity index (χ4v) is 2.05. The minimum atomic E-state index is -0.232. The fraction of sp³-hybridized carbons (Fsp3) is 0.182. The van der Waals surface area contributed by atoms with E-state index in [0.29, 0.717) is 28.1 Å². The van der Waals surface area contributed by atoms with Crippen molar-refractivity contribution in [3.63, 3.8) is 0 Å². The molecule has 0 N–H and O–H groups in total. The normalized spacial score (nSPS) is 10.6. The third-order valence-electron chi connectivity index (χ3n) is 2.75. The van der Waals surface area contributed by atoms with Crippen molar-refractivity contribution in [3.8, 4) is 0 Å². The number of fused-ring (bicyclic) bond motifs is 1. The van der Waals surface area contributed by atoms with Crippen molar-refractivity contribution in [1.82, 2.24) is 19.1 Å². The summed E-state index contributed by atoms with van der Waals surface area (Å²) in [6.45, 7) is 0.310. The van der Waals surface area contributed by atoms with E-state index in [9.17, 15) is 4.79 Å². The Morgan fingerprint density at radius 1 is 1.53 bits per heavy atom. The quantitative estimate of drug-likeness (QED) is 0.405.